The molecule has 6 heteroatoms. The highest BCUT2D eigenvalue weighted by Crippen LogP contribution is 2.28. The number of rotatable bonds is 5. The van der Waals surface area contributed by atoms with Crippen LogP contribution < -0.4 is 16.6 Å². The third-order valence-electron chi connectivity index (χ3n) is 3.18. The van der Waals surface area contributed by atoms with Crippen LogP contribution in [0.3, 0.4) is 0 Å². The highest BCUT2D eigenvalue weighted by Gasteiger charge is 2.18. The van der Waals surface area contributed by atoms with Crippen LogP contribution in [0.5, 0.6) is 0 Å². The Morgan fingerprint density at radius 3 is 2.83 bits per heavy atom. The van der Waals surface area contributed by atoms with E-state index in [1.165, 1.54) is 6.33 Å². The summed E-state index contributed by atoms with van der Waals surface area (Å²) in [6.07, 6.45) is 2.63. The van der Waals surface area contributed by atoms with Crippen LogP contribution in [0.15, 0.2) is 6.33 Å². The SMILES string of the molecule is CC(C)c1c(NN)ncnc1NCC1CCOC1. The summed E-state index contributed by atoms with van der Waals surface area (Å²) in [6.45, 7) is 6.77. The monoisotopic (exact) mass is 251 g/mol. The molecule has 2 heterocycles. The molecule has 0 spiro atoms. The molecule has 1 aliphatic rings. The summed E-state index contributed by atoms with van der Waals surface area (Å²) in [5, 5.41) is 3.38. The second kappa shape index (κ2) is 5.97. The Labute approximate surface area is 107 Å². The zero-order valence-corrected chi connectivity index (χ0v) is 10.9. The van der Waals surface area contributed by atoms with Gasteiger partial charge in [0.05, 0.1) is 6.61 Å². The normalized spacial score (nSPS) is 19.2. The summed E-state index contributed by atoms with van der Waals surface area (Å²) in [6, 6.07) is 0. The number of ether oxygens (including phenoxy) is 1. The van der Waals surface area contributed by atoms with E-state index < -0.39 is 0 Å². The lowest BCUT2D eigenvalue weighted by Gasteiger charge is -2.17. The molecule has 100 valence electrons. The molecule has 0 radical (unpaired) electrons. The molecular weight excluding hydrogens is 230 g/mol. The Balaban J connectivity index is 2.10. The van der Waals surface area contributed by atoms with Crippen molar-refractivity contribution in [1.29, 1.82) is 0 Å². The van der Waals surface area contributed by atoms with Crippen molar-refractivity contribution in [2.24, 2.45) is 11.8 Å². The quantitative estimate of drug-likeness (QED) is 0.541. The van der Waals surface area contributed by atoms with Crippen molar-refractivity contribution >= 4 is 11.6 Å². The van der Waals surface area contributed by atoms with Gasteiger partial charge in [0.25, 0.3) is 0 Å². The summed E-state index contributed by atoms with van der Waals surface area (Å²) in [5.41, 5.74) is 3.66. The predicted molar refractivity (Wildman–Crippen MR) is 71.3 cm³/mol. The van der Waals surface area contributed by atoms with E-state index in [1.807, 2.05) is 0 Å². The lowest BCUT2D eigenvalue weighted by molar-refractivity contribution is 0.187. The van der Waals surface area contributed by atoms with Gasteiger partial charge in [-0.1, -0.05) is 13.8 Å². The first-order valence-corrected chi connectivity index (χ1v) is 6.35. The molecule has 1 atom stereocenters. The average Bonchev–Trinajstić information content (AvgIpc) is 2.88. The third kappa shape index (κ3) is 2.88. The van der Waals surface area contributed by atoms with Crippen LogP contribution in [0.25, 0.3) is 0 Å². The van der Waals surface area contributed by atoms with Crippen LogP contribution in [-0.2, 0) is 4.74 Å². The molecule has 1 aliphatic heterocycles. The van der Waals surface area contributed by atoms with Gasteiger partial charge in [-0.3, -0.25) is 0 Å². The van der Waals surface area contributed by atoms with Crippen LogP contribution >= 0.6 is 0 Å². The second-order valence-corrected chi connectivity index (χ2v) is 4.89. The van der Waals surface area contributed by atoms with E-state index >= 15 is 0 Å². The standard InChI is InChI=1S/C12H21N5O/c1-8(2)10-11(15-7-16-12(10)17-13)14-5-9-3-4-18-6-9/h7-9H,3-6,13H2,1-2H3,(H2,14,15,16,17). The molecule has 0 aliphatic carbocycles. The van der Waals surface area contributed by atoms with Gasteiger partial charge < -0.3 is 15.5 Å². The molecule has 1 saturated heterocycles. The number of aromatic nitrogens is 2. The minimum absolute atomic E-state index is 0.305. The molecule has 2 rings (SSSR count). The molecule has 1 unspecified atom stereocenters. The van der Waals surface area contributed by atoms with Crippen molar-refractivity contribution in [2.45, 2.75) is 26.2 Å². The average molecular weight is 251 g/mol. The minimum atomic E-state index is 0.305. The van der Waals surface area contributed by atoms with Gasteiger partial charge in [-0.05, 0) is 12.3 Å². The van der Waals surface area contributed by atoms with Crippen molar-refractivity contribution in [2.75, 3.05) is 30.5 Å². The fourth-order valence-corrected chi connectivity index (χ4v) is 2.18. The largest absolute Gasteiger partial charge is 0.381 e. The Morgan fingerprint density at radius 2 is 2.22 bits per heavy atom. The summed E-state index contributed by atoms with van der Waals surface area (Å²) in [5.74, 6) is 7.90. The number of hydrazine groups is 1. The van der Waals surface area contributed by atoms with E-state index in [1.54, 1.807) is 0 Å². The Hall–Kier alpha value is -1.40. The third-order valence-corrected chi connectivity index (χ3v) is 3.18. The van der Waals surface area contributed by atoms with E-state index in [2.05, 4.69) is 34.6 Å². The van der Waals surface area contributed by atoms with Crippen molar-refractivity contribution in [3.8, 4) is 0 Å². The first kappa shape index (κ1) is 13.0. The fourth-order valence-electron chi connectivity index (χ4n) is 2.18. The fraction of sp³-hybridized carbons (Fsp3) is 0.667. The molecule has 1 fully saturated rings. The van der Waals surface area contributed by atoms with Crippen LogP contribution in [-0.4, -0.2) is 29.7 Å². The van der Waals surface area contributed by atoms with E-state index in [0.717, 1.165) is 37.6 Å². The molecule has 0 saturated carbocycles. The topological polar surface area (TPSA) is 85.1 Å². The molecule has 1 aromatic rings. The van der Waals surface area contributed by atoms with Gasteiger partial charge in [-0.2, -0.15) is 0 Å². The van der Waals surface area contributed by atoms with Gasteiger partial charge in [0.1, 0.15) is 18.0 Å². The Morgan fingerprint density at radius 1 is 1.44 bits per heavy atom. The second-order valence-electron chi connectivity index (χ2n) is 4.89. The smallest absolute Gasteiger partial charge is 0.148 e. The molecule has 0 amide bonds. The summed E-state index contributed by atoms with van der Waals surface area (Å²) in [4.78, 5) is 8.46. The van der Waals surface area contributed by atoms with Gasteiger partial charge in [-0.15, -0.1) is 0 Å². The molecule has 18 heavy (non-hydrogen) atoms. The molecular formula is C12H21N5O. The van der Waals surface area contributed by atoms with Crippen molar-refractivity contribution < 1.29 is 4.74 Å². The van der Waals surface area contributed by atoms with Gasteiger partial charge in [0.2, 0.25) is 0 Å². The van der Waals surface area contributed by atoms with Crippen molar-refractivity contribution in [3.63, 3.8) is 0 Å². The highest BCUT2D eigenvalue weighted by atomic mass is 16.5. The van der Waals surface area contributed by atoms with Gasteiger partial charge in [0, 0.05) is 24.6 Å². The summed E-state index contributed by atoms with van der Waals surface area (Å²) in [7, 11) is 0. The Kier molecular flexibility index (Phi) is 4.33. The number of hydrogen-bond donors (Lipinski definition) is 3. The molecule has 4 N–H and O–H groups in total. The number of nitrogens with two attached hydrogens (primary N) is 1. The lowest BCUT2D eigenvalue weighted by atomic mass is 10.0. The zero-order chi connectivity index (χ0) is 13.0. The van der Waals surface area contributed by atoms with Crippen LogP contribution in [0.4, 0.5) is 11.6 Å². The summed E-state index contributed by atoms with van der Waals surface area (Å²) < 4.78 is 5.36. The number of hydrogen-bond acceptors (Lipinski definition) is 6. The van der Waals surface area contributed by atoms with Crippen molar-refractivity contribution in [3.05, 3.63) is 11.9 Å². The zero-order valence-electron chi connectivity index (χ0n) is 10.9. The van der Waals surface area contributed by atoms with Gasteiger partial charge in [-0.25, -0.2) is 15.8 Å². The maximum atomic E-state index is 5.49. The van der Waals surface area contributed by atoms with Gasteiger partial charge >= 0.3 is 0 Å². The number of nitrogens with one attached hydrogen (secondary N) is 2. The first-order valence-electron chi connectivity index (χ1n) is 6.35. The van der Waals surface area contributed by atoms with Crippen molar-refractivity contribution in [1.82, 2.24) is 9.97 Å². The van der Waals surface area contributed by atoms with Crippen LogP contribution in [0.1, 0.15) is 31.7 Å². The molecule has 0 bridgehead atoms. The van der Waals surface area contributed by atoms with Gasteiger partial charge in [0.15, 0.2) is 0 Å². The lowest BCUT2D eigenvalue weighted by Crippen LogP contribution is -2.19. The highest BCUT2D eigenvalue weighted by molar-refractivity contribution is 5.58. The van der Waals surface area contributed by atoms with E-state index in [-0.39, 0.29) is 0 Å². The minimum Gasteiger partial charge on any atom is -0.381 e. The Bertz CT molecular complexity index is 390. The first-order chi connectivity index (χ1) is 8.72. The number of anilines is 2. The van der Waals surface area contributed by atoms with E-state index in [0.29, 0.717) is 17.7 Å². The number of nitrogens with zero attached hydrogens (tertiary/aromatic N) is 2. The van der Waals surface area contributed by atoms with Crippen LogP contribution in [0, 0.1) is 5.92 Å². The molecule has 0 aromatic carbocycles. The summed E-state index contributed by atoms with van der Waals surface area (Å²) >= 11 is 0. The molecule has 1 aromatic heterocycles. The van der Waals surface area contributed by atoms with E-state index in [9.17, 15) is 0 Å². The predicted octanol–water partition coefficient (Wildman–Crippen LogP) is 1.33. The van der Waals surface area contributed by atoms with Crippen LogP contribution in [0.2, 0.25) is 0 Å². The molecule has 6 nitrogen and oxygen atoms in total. The van der Waals surface area contributed by atoms with E-state index in [4.69, 9.17) is 10.6 Å². The maximum Gasteiger partial charge on any atom is 0.148 e. The maximum absolute atomic E-state index is 5.49. The number of nitrogen functional groups attached to an aromatic ring is 1.